The first-order chi connectivity index (χ1) is 12.7. The molecule has 0 atom stereocenters. The molecule has 0 unspecified atom stereocenters. The summed E-state index contributed by atoms with van der Waals surface area (Å²) in [6.45, 7) is 2.63. The molecule has 28 heavy (non-hydrogen) atoms. The lowest BCUT2D eigenvalue weighted by Crippen LogP contribution is -2.47. The number of nitrogens with zero attached hydrogens (tertiary/aromatic N) is 2. The molecule has 0 amide bonds. The summed E-state index contributed by atoms with van der Waals surface area (Å²) in [4.78, 5) is 4.08. The predicted molar refractivity (Wildman–Crippen MR) is 111 cm³/mol. The molecule has 8 nitrogen and oxygen atoms in total. The summed E-state index contributed by atoms with van der Waals surface area (Å²) < 4.78 is 71.2. The lowest BCUT2D eigenvalue weighted by molar-refractivity contribution is -0.0496. The van der Waals surface area contributed by atoms with Crippen LogP contribution in [0.2, 0.25) is 0 Å². The van der Waals surface area contributed by atoms with Gasteiger partial charge in [-0.2, -0.15) is 17.5 Å². The number of guanidine groups is 1. The molecule has 13 heteroatoms. The number of sulfonamides is 1. The van der Waals surface area contributed by atoms with E-state index in [0.29, 0.717) is 56.0 Å². The van der Waals surface area contributed by atoms with Crippen molar-refractivity contribution in [1.29, 1.82) is 0 Å². The molecule has 1 aliphatic rings. The molecule has 0 radical (unpaired) electrons. The lowest BCUT2D eigenvalue weighted by Gasteiger charge is -2.31. The minimum Gasteiger partial charge on any atom is -0.382 e. The maximum atomic E-state index is 12.6. The number of rotatable bonds is 10. The van der Waals surface area contributed by atoms with Gasteiger partial charge in [-0.15, -0.1) is 24.0 Å². The van der Waals surface area contributed by atoms with Crippen LogP contribution in [0.4, 0.5) is 13.2 Å². The van der Waals surface area contributed by atoms with Crippen molar-refractivity contribution in [2.45, 2.75) is 24.8 Å². The Morgan fingerprint density at radius 1 is 1.18 bits per heavy atom. The third kappa shape index (κ3) is 9.41. The van der Waals surface area contributed by atoms with Gasteiger partial charge in [0, 0.05) is 46.9 Å². The fourth-order valence-electron chi connectivity index (χ4n) is 2.59. The van der Waals surface area contributed by atoms with Crippen LogP contribution < -0.4 is 10.6 Å². The van der Waals surface area contributed by atoms with E-state index in [0.717, 1.165) is 6.42 Å². The van der Waals surface area contributed by atoms with Crippen molar-refractivity contribution < 1.29 is 31.1 Å². The molecule has 0 spiro atoms. The highest BCUT2D eigenvalue weighted by Crippen LogP contribution is 2.30. The third-order valence-electron chi connectivity index (χ3n) is 4.18. The maximum absolute atomic E-state index is 12.6. The average molecular weight is 546 g/mol. The molecular formula is C15H30F3IN4O4S. The van der Waals surface area contributed by atoms with E-state index in [1.165, 1.54) is 0 Å². The molecule has 0 bridgehead atoms. The van der Waals surface area contributed by atoms with Crippen LogP contribution in [0.3, 0.4) is 0 Å². The van der Waals surface area contributed by atoms with Gasteiger partial charge in [-0.25, -0.2) is 8.42 Å². The number of ether oxygens (including phenoxy) is 2. The van der Waals surface area contributed by atoms with Crippen molar-refractivity contribution in [3.05, 3.63) is 0 Å². The normalized spacial score (nSPS) is 17.2. The SMILES string of the molecule is CN=C(NCCCOCCOC)NCC1CCN(S(=O)(=O)C(F)(F)F)CC1.I. The Kier molecular flexibility index (Phi) is 13.6. The first-order valence-electron chi connectivity index (χ1n) is 8.80. The van der Waals surface area contributed by atoms with Gasteiger partial charge >= 0.3 is 15.5 Å². The Morgan fingerprint density at radius 2 is 1.82 bits per heavy atom. The van der Waals surface area contributed by atoms with E-state index >= 15 is 0 Å². The number of hydrogen-bond acceptors (Lipinski definition) is 5. The highest BCUT2D eigenvalue weighted by atomic mass is 127. The summed E-state index contributed by atoms with van der Waals surface area (Å²) in [5, 5.41) is 6.25. The maximum Gasteiger partial charge on any atom is 0.511 e. The minimum atomic E-state index is -5.24. The van der Waals surface area contributed by atoms with Crippen LogP contribution in [0, 0.1) is 5.92 Å². The molecular weight excluding hydrogens is 516 g/mol. The Morgan fingerprint density at radius 3 is 2.36 bits per heavy atom. The molecule has 0 aliphatic carbocycles. The fraction of sp³-hybridized carbons (Fsp3) is 0.933. The molecule has 168 valence electrons. The van der Waals surface area contributed by atoms with Gasteiger partial charge in [0.05, 0.1) is 13.2 Å². The monoisotopic (exact) mass is 546 g/mol. The van der Waals surface area contributed by atoms with E-state index in [9.17, 15) is 21.6 Å². The Hall–Kier alpha value is -0.380. The van der Waals surface area contributed by atoms with Crippen LogP contribution in [-0.4, -0.2) is 84.3 Å². The quantitative estimate of drug-likeness (QED) is 0.186. The van der Waals surface area contributed by atoms with Crippen molar-refractivity contribution >= 4 is 40.0 Å². The first-order valence-corrected chi connectivity index (χ1v) is 10.2. The molecule has 1 saturated heterocycles. The topological polar surface area (TPSA) is 92.3 Å². The van der Waals surface area contributed by atoms with Gasteiger partial charge in [0.1, 0.15) is 0 Å². The van der Waals surface area contributed by atoms with Crippen molar-refractivity contribution in [2.75, 3.05) is 60.2 Å². The van der Waals surface area contributed by atoms with E-state index in [-0.39, 0.29) is 43.0 Å². The zero-order valence-electron chi connectivity index (χ0n) is 16.1. The number of aliphatic imine (C=N–C) groups is 1. The molecule has 0 saturated carbocycles. The Balaban J connectivity index is 0.00000729. The summed E-state index contributed by atoms with van der Waals surface area (Å²) in [6, 6.07) is 0. The third-order valence-corrected chi connectivity index (χ3v) is 5.81. The molecule has 2 N–H and O–H groups in total. The number of piperidine rings is 1. The zero-order chi connectivity index (χ0) is 20.3. The predicted octanol–water partition coefficient (Wildman–Crippen LogP) is 1.38. The molecule has 1 rings (SSSR count). The largest absolute Gasteiger partial charge is 0.511 e. The van der Waals surface area contributed by atoms with Crippen LogP contribution in [-0.2, 0) is 19.5 Å². The van der Waals surface area contributed by atoms with Gasteiger partial charge < -0.3 is 20.1 Å². The fourth-order valence-corrected chi connectivity index (χ4v) is 3.57. The Bertz CT molecular complexity index is 556. The van der Waals surface area contributed by atoms with Gasteiger partial charge in [0.2, 0.25) is 0 Å². The summed E-state index contributed by atoms with van der Waals surface area (Å²) >= 11 is 0. The first kappa shape index (κ1) is 27.6. The lowest BCUT2D eigenvalue weighted by atomic mass is 9.98. The van der Waals surface area contributed by atoms with Gasteiger partial charge in [0.25, 0.3) is 0 Å². The highest BCUT2D eigenvalue weighted by molar-refractivity contribution is 14.0. The smallest absolute Gasteiger partial charge is 0.382 e. The van der Waals surface area contributed by atoms with Crippen LogP contribution in [0.5, 0.6) is 0 Å². The van der Waals surface area contributed by atoms with Gasteiger partial charge in [-0.3, -0.25) is 4.99 Å². The molecule has 0 aromatic carbocycles. The number of halogens is 4. The summed E-state index contributed by atoms with van der Waals surface area (Å²) in [5.41, 5.74) is -5.24. The van der Waals surface area contributed by atoms with Gasteiger partial charge in [0.15, 0.2) is 5.96 Å². The number of methoxy groups -OCH3 is 1. The summed E-state index contributed by atoms with van der Waals surface area (Å²) in [6.07, 6.45) is 1.53. The van der Waals surface area contributed by atoms with E-state index in [1.807, 2.05) is 0 Å². The summed E-state index contributed by atoms with van der Waals surface area (Å²) in [7, 11) is -1.99. The number of hydrogen-bond donors (Lipinski definition) is 2. The van der Waals surface area contributed by atoms with Crippen molar-refractivity contribution in [1.82, 2.24) is 14.9 Å². The van der Waals surface area contributed by atoms with Crippen LogP contribution >= 0.6 is 24.0 Å². The molecule has 1 aliphatic heterocycles. The molecule has 0 aromatic heterocycles. The average Bonchev–Trinajstić information content (AvgIpc) is 2.63. The molecule has 1 heterocycles. The van der Waals surface area contributed by atoms with Crippen molar-refractivity contribution in [2.24, 2.45) is 10.9 Å². The van der Waals surface area contributed by atoms with Crippen LogP contribution in [0.15, 0.2) is 4.99 Å². The van der Waals surface area contributed by atoms with Crippen LogP contribution in [0.25, 0.3) is 0 Å². The van der Waals surface area contributed by atoms with E-state index in [1.54, 1.807) is 14.2 Å². The van der Waals surface area contributed by atoms with E-state index < -0.39 is 15.5 Å². The molecule has 0 aromatic rings. The summed E-state index contributed by atoms with van der Waals surface area (Å²) in [5.74, 6) is 0.679. The second kappa shape index (κ2) is 13.8. The molecule has 1 fully saturated rings. The zero-order valence-corrected chi connectivity index (χ0v) is 19.3. The second-order valence-electron chi connectivity index (χ2n) is 6.13. The minimum absolute atomic E-state index is 0. The van der Waals surface area contributed by atoms with E-state index in [4.69, 9.17) is 9.47 Å². The number of nitrogens with one attached hydrogen (secondary N) is 2. The van der Waals surface area contributed by atoms with Crippen molar-refractivity contribution in [3.63, 3.8) is 0 Å². The number of alkyl halides is 3. The highest BCUT2D eigenvalue weighted by Gasteiger charge is 2.50. The van der Waals surface area contributed by atoms with Gasteiger partial charge in [-0.1, -0.05) is 0 Å². The van der Waals surface area contributed by atoms with Gasteiger partial charge in [-0.05, 0) is 25.2 Å². The van der Waals surface area contributed by atoms with Crippen LogP contribution in [0.1, 0.15) is 19.3 Å². The van der Waals surface area contributed by atoms with E-state index in [2.05, 4.69) is 15.6 Å². The van der Waals surface area contributed by atoms with Crippen molar-refractivity contribution in [3.8, 4) is 0 Å². The standard InChI is InChI=1S/C15H29F3N4O4S.HI/c1-19-14(20-6-3-9-26-11-10-25-2)21-12-13-4-7-22(8-5-13)27(23,24)15(16,17)18;/h13H,3-12H2,1-2H3,(H2,19,20,21);1H. The Labute approximate surface area is 181 Å². The second-order valence-corrected chi connectivity index (χ2v) is 8.06.